The molecule has 1 N–H and O–H groups in total. The van der Waals surface area contributed by atoms with Gasteiger partial charge in [-0.3, -0.25) is 4.79 Å². The van der Waals surface area contributed by atoms with Crippen molar-refractivity contribution < 1.29 is 32.2 Å². The molecule has 0 fully saturated rings. The van der Waals surface area contributed by atoms with E-state index >= 15 is 0 Å². The normalized spacial score (nSPS) is 11.2. The quantitative estimate of drug-likeness (QED) is 0.531. The standard InChI is InChI=1S/C21H17ClF3N3O4/c1-31-17-11-28(16-7-3-5-14(9-16)21(23,24)25)27-19(17)20(30)32-12-18(29)26-10-13-4-2-6-15(22)8-13/h2-9,11H,10,12H2,1H3,(H,26,29). The molecule has 2 aromatic carbocycles. The van der Waals surface area contributed by atoms with Gasteiger partial charge in [0.05, 0.1) is 24.6 Å². The van der Waals surface area contributed by atoms with E-state index in [9.17, 15) is 22.8 Å². The molecule has 7 nitrogen and oxygen atoms in total. The van der Waals surface area contributed by atoms with Crippen molar-refractivity contribution in [2.24, 2.45) is 0 Å². The van der Waals surface area contributed by atoms with Crippen molar-refractivity contribution in [3.8, 4) is 11.4 Å². The lowest BCUT2D eigenvalue weighted by Gasteiger charge is -2.08. The minimum absolute atomic E-state index is 0.0215. The fourth-order valence-corrected chi connectivity index (χ4v) is 2.92. The highest BCUT2D eigenvalue weighted by molar-refractivity contribution is 6.30. The number of nitrogens with zero attached hydrogens (tertiary/aromatic N) is 2. The number of benzene rings is 2. The first-order chi connectivity index (χ1) is 15.2. The van der Waals surface area contributed by atoms with Gasteiger partial charge in [-0.15, -0.1) is 0 Å². The number of methoxy groups -OCH3 is 1. The molecule has 3 rings (SSSR count). The fourth-order valence-electron chi connectivity index (χ4n) is 2.70. The van der Waals surface area contributed by atoms with Crippen LogP contribution in [0.15, 0.2) is 54.7 Å². The summed E-state index contributed by atoms with van der Waals surface area (Å²) in [5, 5.41) is 7.05. The van der Waals surface area contributed by atoms with E-state index in [1.807, 2.05) is 0 Å². The molecular weight excluding hydrogens is 451 g/mol. The predicted molar refractivity (Wildman–Crippen MR) is 109 cm³/mol. The van der Waals surface area contributed by atoms with Gasteiger partial charge in [0.1, 0.15) is 0 Å². The minimum atomic E-state index is -4.53. The average molecular weight is 468 g/mol. The van der Waals surface area contributed by atoms with Crippen LogP contribution in [-0.2, 0) is 22.3 Å². The van der Waals surface area contributed by atoms with Crippen LogP contribution in [0, 0.1) is 0 Å². The second-order valence-corrected chi connectivity index (χ2v) is 6.96. The first-order valence-electron chi connectivity index (χ1n) is 9.17. The number of aromatic nitrogens is 2. The maximum Gasteiger partial charge on any atom is 0.416 e. The molecule has 1 amide bonds. The molecule has 32 heavy (non-hydrogen) atoms. The summed E-state index contributed by atoms with van der Waals surface area (Å²) in [7, 11) is 1.27. The van der Waals surface area contributed by atoms with E-state index in [1.165, 1.54) is 25.4 Å². The van der Waals surface area contributed by atoms with Crippen molar-refractivity contribution >= 4 is 23.5 Å². The number of amides is 1. The summed E-state index contributed by atoms with van der Waals surface area (Å²) < 4.78 is 50.0. The van der Waals surface area contributed by atoms with Crippen LogP contribution >= 0.6 is 11.6 Å². The third-order valence-corrected chi connectivity index (χ3v) is 4.48. The average Bonchev–Trinajstić information content (AvgIpc) is 3.20. The molecule has 0 aliphatic rings. The van der Waals surface area contributed by atoms with Gasteiger partial charge in [0.25, 0.3) is 5.91 Å². The molecule has 0 aliphatic carbocycles. The SMILES string of the molecule is COc1cn(-c2cccc(C(F)(F)F)c2)nc1C(=O)OCC(=O)NCc1cccc(Cl)c1. The van der Waals surface area contributed by atoms with Crippen molar-refractivity contribution in [3.05, 3.63) is 76.6 Å². The van der Waals surface area contributed by atoms with Crippen molar-refractivity contribution in [1.29, 1.82) is 0 Å². The zero-order chi connectivity index (χ0) is 23.3. The highest BCUT2D eigenvalue weighted by Gasteiger charge is 2.31. The number of nitrogens with one attached hydrogen (secondary N) is 1. The van der Waals surface area contributed by atoms with Crippen LogP contribution in [-0.4, -0.2) is 35.4 Å². The van der Waals surface area contributed by atoms with E-state index in [-0.39, 0.29) is 23.7 Å². The summed E-state index contributed by atoms with van der Waals surface area (Å²) in [4.78, 5) is 24.3. The van der Waals surface area contributed by atoms with Crippen LogP contribution in [0.3, 0.4) is 0 Å². The number of halogens is 4. The first-order valence-corrected chi connectivity index (χ1v) is 9.54. The lowest BCUT2D eigenvalue weighted by molar-refractivity contribution is -0.137. The van der Waals surface area contributed by atoms with E-state index in [1.54, 1.807) is 24.3 Å². The Bertz CT molecular complexity index is 1130. The topological polar surface area (TPSA) is 82.5 Å². The van der Waals surface area contributed by atoms with Gasteiger partial charge in [0.15, 0.2) is 12.4 Å². The third-order valence-electron chi connectivity index (χ3n) is 4.25. The molecule has 0 bridgehead atoms. The van der Waals surface area contributed by atoms with Gasteiger partial charge < -0.3 is 14.8 Å². The molecule has 0 atom stereocenters. The molecule has 0 aliphatic heterocycles. The van der Waals surface area contributed by atoms with Crippen LogP contribution in [0.4, 0.5) is 13.2 Å². The molecular formula is C21H17ClF3N3O4. The van der Waals surface area contributed by atoms with Crippen LogP contribution < -0.4 is 10.1 Å². The summed E-state index contributed by atoms with van der Waals surface area (Å²) in [5.41, 5.74) is -0.326. The van der Waals surface area contributed by atoms with Crippen molar-refractivity contribution in [2.75, 3.05) is 13.7 Å². The van der Waals surface area contributed by atoms with Crippen molar-refractivity contribution in [2.45, 2.75) is 12.7 Å². The molecule has 0 saturated heterocycles. The maximum absolute atomic E-state index is 13.0. The first kappa shape index (κ1) is 23.1. The molecule has 0 spiro atoms. The van der Waals surface area contributed by atoms with Crippen LogP contribution in [0.25, 0.3) is 5.69 Å². The summed E-state index contributed by atoms with van der Waals surface area (Å²) >= 11 is 5.88. The predicted octanol–water partition coefficient (Wildman–Crippen LogP) is 4.03. The highest BCUT2D eigenvalue weighted by Crippen LogP contribution is 2.30. The Morgan fingerprint density at radius 3 is 2.59 bits per heavy atom. The number of carbonyl (C=O) groups excluding carboxylic acids is 2. The largest absolute Gasteiger partial charge is 0.493 e. The minimum Gasteiger partial charge on any atom is -0.493 e. The third kappa shape index (κ3) is 5.79. The number of alkyl halides is 3. The summed E-state index contributed by atoms with van der Waals surface area (Å²) in [6.45, 7) is -0.399. The molecule has 0 unspecified atom stereocenters. The number of hydrogen-bond donors (Lipinski definition) is 1. The Hall–Kier alpha value is -3.53. The summed E-state index contributed by atoms with van der Waals surface area (Å²) in [6.07, 6.45) is -3.29. The molecule has 1 heterocycles. The van der Waals surface area contributed by atoms with Gasteiger partial charge in [0, 0.05) is 11.6 Å². The summed E-state index contributed by atoms with van der Waals surface area (Å²) in [6, 6.07) is 11.3. The molecule has 0 radical (unpaired) electrons. The van der Waals surface area contributed by atoms with Crippen molar-refractivity contribution in [1.82, 2.24) is 15.1 Å². The van der Waals surface area contributed by atoms with Gasteiger partial charge in [-0.25, -0.2) is 9.48 Å². The molecule has 11 heteroatoms. The maximum atomic E-state index is 13.0. The van der Waals surface area contributed by atoms with E-state index in [4.69, 9.17) is 21.1 Å². The Balaban J connectivity index is 1.65. The van der Waals surface area contributed by atoms with Gasteiger partial charge >= 0.3 is 12.1 Å². The van der Waals surface area contributed by atoms with Crippen LogP contribution in [0.2, 0.25) is 5.02 Å². The number of esters is 1. The van der Waals surface area contributed by atoms with E-state index < -0.39 is 30.2 Å². The Morgan fingerprint density at radius 2 is 1.91 bits per heavy atom. The summed E-state index contributed by atoms with van der Waals surface area (Å²) in [5.74, 6) is -1.55. The van der Waals surface area contributed by atoms with Crippen molar-refractivity contribution in [3.63, 3.8) is 0 Å². The smallest absolute Gasteiger partial charge is 0.416 e. The van der Waals surface area contributed by atoms with E-state index in [0.717, 1.165) is 22.4 Å². The second-order valence-electron chi connectivity index (χ2n) is 6.52. The highest BCUT2D eigenvalue weighted by atomic mass is 35.5. The van der Waals surface area contributed by atoms with Gasteiger partial charge in [-0.05, 0) is 35.9 Å². The molecule has 1 aromatic heterocycles. The van der Waals surface area contributed by atoms with Gasteiger partial charge in [-0.1, -0.05) is 29.8 Å². The zero-order valence-corrected chi connectivity index (χ0v) is 17.4. The molecule has 0 saturated carbocycles. The Morgan fingerprint density at radius 1 is 1.16 bits per heavy atom. The lowest BCUT2D eigenvalue weighted by atomic mass is 10.2. The Kier molecular flexibility index (Phi) is 7.04. The van der Waals surface area contributed by atoms with Gasteiger partial charge in [0.2, 0.25) is 5.69 Å². The second kappa shape index (κ2) is 9.73. The Labute approximate surface area is 185 Å². The number of rotatable bonds is 7. The number of ether oxygens (including phenoxy) is 2. The van der Waals surface area contributed by atoms with Gasteiger partial charge in [-0.2, -0.15) is 18.3 Å². The van der Waals surface area contributed by atoms with E-state index in [0.29, 0.717) is 5.02 Å². The number of carbonyl (C=O) groups is 2. The number of hydrogen-bond acceptors (Lipinski definition) is 5. The van der Waals surface area contributed by atoms with E-state index in [2.05, 4.69) is 10.4 Å². The fraction of sp³-hybridized carbons (Fsp3) is 0.190. The van der Waals surface area contributed by atoms with Crippen LogP contribution in [0.5, 0.6) is 5.75 Å². The molecule has 3 aromatic rings. The lowest BCUT2D eigenvalue weighted by Crippen LogP contribution is -2.28. The zero-order valence-electron chi connectivity index (χ0n) is 16.6. The molecule has 168 valence electrons. The van der Waals surface area contributed by atoms with Crippen LogP contribution in [0.1, 0.15) is 21.6 Å². The monoisotopic (exact) mass is 467 g/mol.